The summed E-state index contributed by atoms with van der Waals surface area (Å²) in [7, 11) is 1.79. The minimum absolute atomic E-state index is 0.0553. The maximum atomic E-state index is 14.3. The van der Waals surface area contributed by atoms with Crippen LogP contribution in [0.2, 0.25) is 0 Å². The summed E-state index contributed by atoms with van der Waals surface area (Å²) in [6.45, 7) is 4.61. The largest absolute Gasteiger partial charge is 0.476 e. The van der Waals surface area contributed by atoms with Gasteiger partial charge in [-0.15, -0.1) is 0 Å². The number of ether oxygens (including phenoxy) is 2. The molecule has 0 atom stereocenters. The van der Waals surface area contributed by atoms with E-state index in [9.17, 15) is 4.79 Å². The number of amides is 1. The van der Waals surface area contributed by atoms with Crippen LogP contribution in [0.5, 0.6) is 17.2 Å². The Labute approximate surface area is 390 Å². The number of fused-ring (bicyclic) bond motifs is 2. The van der Waals surface area contributed by atoms with Gasteiger partial charge in [0.05, 0.1) is 16.9 Å². The van der Waals surface area contributed by atoms with Gasteiger partial charge in [0.25, 0.3) is 5.91 Å². The number of hydrogen-bond donors (Lipinski definition) is 5. The topological polar surface area (TPSA) is 108 Å². The minimum Gasteiger partial charge on any atom is -0.476 e. The zero-order valence-corrected chi connectivity index (χ0v) is 38.8. The highest BCUT2D eigenvalue weighted by molar-refractivity contribution is 6.02. The van der Waals surface area contributed by atoms with E-state index in [1.807, 2.05) is 84.9 Å². The highest BCUT2D eigenvalue weighted by Crippen LogP contribution is 2.36. The fraction of sp³-hybridized carbons (Fsp3) is 0.304. The Hall–Kier alpha value is -6.59. The molecule has 66 heavy (non-hydrogen) atoms. The normalized spacial score (nSPS) is 11.2. The number of unbranched alkanes of at least 4 members (excludes halogenated alkanes) is 8. The molecule has 0 fully saturated rings. The van der Waals surface area contributed by atoms with Crippen molar-refractivity contribution in [2.24, 2.45) is 0 Å². The van der Waals surface area contributed by atoms with Crippen molar-refractivity contribution in [1.82, 2.24) is 21.4 Å². The van der Waals surface area contributed by atoms with Crippen LogP contribution in [-0.2, 0) is 12.8 Å². The Morgan fingerprint density at radius 3 is 1.64 bits per heavy atom. The number of hydrazine groups is 2. The summed E-state index contributed by atoms with van der Waals surface area (Å²) in [4.78, 5) is 20.4. The Balaban J connectivity index is 1.12. The van der Waals surface area contributed by atoms with Crippen molar-refractivity contribution in [1.29, 1.82) is 0 Å². The fourth-order valence-corrected chi connectivity index (χ4v) is 8.05. The van der Waals surface area contributed by atoms with Crippen molar-refractivity contribution in [2.45, 2.75) is 90.9 Å². The maximum Gasteiger partial charge on any atom is 0.267 e. The number of benzene rings is 7. The molecule has 0 unspecified atom stereocenters. The number of hydrogen-bond acceptors (Lipinski definition) is 9. The Bertz CT molecular complexity index is 2570. The summed E-state index contributed by atoms with van der Waals surface area (Å²) >= 11 is 0. The first-order chi connectivity index (χ1) is 32.5. The van der Waals surface area contributed by atoms with Crippen molar-refractivity contribution in [3.8, 4) is 17.2 Å². The number of nitrogens with one attached hydrogen (secondary N) is 5. The van der Waals surface area contributed by atoms with Crippen LogP contribution >= 0.6 is 0 Å². The molecule has 7 aromatic carbocycles. The predicted octanol–water partition coefficient (Wildman–Crippen LogP) is 13.5. The lowest BCUT2D eigenvalue weighted by Gasteiger charge is -2.22. The molecule has 0 heterocycles. The second-order valence-electron chi connectivity index (χ2n) is 16.8. The smallest absolute Gasteiger partial charge is 0.267 e. The number of carbonyl (C=O) groups excluding carboxylic acids is 1. The molecule has 0 saturated heterocycles. The number of nitrogens with zero attached hydrogens (tertiary/aromatic N) is 1. The van der Waals surface area contributed by atoms with Crippen LogP contribution in [0.25, 0.3) is 21.5 Å². The van der Waals surface area contributed by atoms with E-state index >= 15 is 0 Å². The average Bonchev–Trinajstić information content (AvgIpc) is 3.34. The van der Waals surface area contributed by atoms with Crippen molar-refractivity contribution in [2.75, 3.05) is 31.1 Å². The number of anilines is 4. The first-order valence-corrected chi connectivity index (χ1v) is 23.8. The average molecular weight is 887 g/mol. The molecule has 0 radical (unpaired) electrons. The van der Waals surface area contributed by atoms with Gasteiger partial charge in [0.2, 0.25) is 0 Å². The molecule has 10 nitrogen and oxygen atoms in total. The van der Waals surface area contributed by atoms with Gasteiger partial charge in [-0.2, -0.15) is 10.9 Å². The molecule has 344 valence electrons. The molecular formula is C56H66N6O4. The molecular weight excluding hydrogens is 821 g/mol. The summed E-state index contributed by atoms with van der Waals surface area (Å²) in [5.74, 6) is 1.61. The third-order valence-electron chi connectivity index (χ3n) is 11.7. The molecule has 0 aliphatic carbocycles. The number of aryl methyl sites for hydroxylation is 2. The molecule has 1 amide bonds. The third kappa shape index (κ3) is 14.0. The first-order valence-electron chi connectivity index (χ1n) is 23.8. The van der Waals surface area contributed by atoms with E-state index in [-0.39, 0.29) is 19.4 Å². The molecule has 0 bridgehead atoms. The number of hydroxylamine groups is 1. The molecule has 0 aromatic heterocycles. The quantitative estimate of drug-likeness (QED) is 0.0196. The van der Waals surface area contributed by atoms with Crippen molar-refractivity contribution in [3.63, 3.8) is 0 Å². The van der Waals surface area contributed by atoms with E-state index < -0.39 is 0 Å². The van der Waals surface area contributed by atoms with Crippen LogP contribution in [0.15, 0.2) is 146 Å². The van der Waals surface area contributed by atoms with Gasteiger partial charge in [-0.3, -0.25) is 10.2 Å². The van der Waals surface area contributed by atoms with Gasteiger partial charge < -0.3 is 24.9 Å². The maximum absolute atomic E-state index is 14.3. The second-order valence-corrected chi connectivity index (χ2v) is 16.8. The predicted molar refractivity (Wildman–Crippen MR) is 272 cm³/mol. The lowest BCUT2D eigenvalue weighted by Crippen LogP contribution is -2.40. The Morgan fingerprint density at radius 1 is 0.515 bits per heavy atom. The minimum atomic E-state index is -0.350. The van der Waals surface area contributed by atoms with Crippen LogP contribution in [0.1, 0.15) is 99.5 Å². The van der Waals surface area contributed by atoms with Crippen LogP contribution in [0.4, 0.5) is 22.7 Å². The van der Waals surface area contributed by atoms with Crippen LogP contribution in [0, 0.1) is 0 Å². The standard InChI is InChI=1S/C56H66N6O4/c1-4-6-8-10-12-20-42-30-34-46(35-31-42)59-51-39-55(65-41-58-62(3)66-54-29-19-25-45-23-15-17-27-49(45)54)52(60-47-36-32-43(33-37-47)21-13-11-9-7-5-2)38-50(51)56(63)61-57-40-64-53-28-18-24-44-22-14-16-26-48(44)53/h14-19,22-39,57-60H,4-13,20-21,40-41H2,1-3H3,(H,61,63). The highest BCUT2D eigenvalue weighted by Gasteiger charge is 2.19. The SMILES string of the molecule is CCCCCCCc1ccc(Nc2cc(C(=O)NNCOc3cccc4ccccc34)c(Nc3ccc(CCCCCCC)cc3)cc2OCNN(C)Oc2cccc3ccccc23)cc1. The van der Waals surface area contributed by atoms with Gasteiger partial charge >= 0.3 is 0 Å². The molecule has 0 aliphatic rings. The number of carbonyl (C=O) groups is 1. The zero-order chi connectivity index (χ0) is 45.8. The molecule has 7 aromatic rings. The van der Waals surface area contributed by atoms with E-state index in [1.165, 1.54) is 80.5 Å². The molecule has 0 saturated carbocycles. The van der Waals surface area contributed by atoms with E-state index in [4.69, 9.17) is 14.3 Å². The van der Waals surface area contributed by atoms with Gasteiger partial charge in [0.15, 0.2) is 19.2 Å². The van der Waals surface area contributed by atoms with Crippen molar-refractivity contribution in [3.05, 3.63) is 162 Å². The third-order valence-corrected chi connectivity index (χ3v) is 11.7. The fourth-order valence-electron chi connectivity index (χ4n) is 8.05. The molecule has 10 heteroatoms. The number of rotatable bonds is 27. The highest BCUT2D eigenvalue weighted by atomic mass is 16.7. The second kappa shape index (κ2) is 25.2. The van der Waals surface area contributed by atoms with E-state index in [0.29, 0.717) is 22.7 Å². The molecule has 7 rings (SSSR count). The van der Waals surface area contributed by atoms with Crippen molar-refractivity contribution >= 4 is 50.2 Å². The van der Waals surface area contributed by atoms with Gasteiger partial charge in [-0.1, -0.05) is 167 Å². The van der Waals surface area contributed by atoms with Gasteiger partial charge in [-0.25, -0.2) is 0 Å². The van der Waals surface area contributed by atoms with Crippen LogP contribution in [-0.4, -0.2) is 31.6 Å². The van der Waals surface area contributed by atoms with Crippen LogP contribution in [0.3, 0.4) is 0 Å². The molecule has 5 N–H and O–H groups in total. The van der Waals surface area contributed by atoms with E-state index in [0.717, 1.165) is 57.3 Å². The monoisotopic (exact) mass is 887 g/mol. The summed E-state index contributed by atoms with van der Waals surface area (Å²) in [6, 6.07) is 48.7. The summed E-state index contributed by atoms with van der Waals surface area (Å²) in [5, 5.41) is 12.8. The van der Waals surface area contributed by atoms with E-state index in [1.54, 1.807) is 7.05 Å². The Kier molecular flexibility index (Phi) is 18.1. The lowest BCUT2D eigenvalue weighted by molar-refractivity contribution is -0.0937. The zero-order valence-electron chi connectivity index (χ0n) is 38.8. The molecule has 0 aliphatic heterocycles. The molecule has 0 spiro atoms. The summed E-state index contributed by atoms with van der Waals surface area (Å²) < 4.78 is 12.6. The Morgan fingerprint density at radius 2 is 1.03 bits per heavy atom. The first kappa shape index (κ1) is 47.4. The lowest BCUT2D eigenvalue weighted by atomic mass is 10.0. The van der Waals surface area contributed by atoms with Gasteiger partial charge in [0.1, 0.15) is 11.5 Å². The van der Waals surface area contributed by atoms with Gasteiger partial charge in [0, 0.05) is 35.3 Å². The van der Waals surface area contributed by atoms with E-state index in [2.05, 4.69) is 101 Å². The summed E-state index contributed by atoms with van der Waals surface area (Å²) in [5.41, 5.74) is 15.0. The van der Waals surface area contributed by atoms with Gasteiger partial charge in [-0.05, 0) is 90.0 Å². The summed E-state index contributed by atoms with van der Waals surface area (Å²) in [6.07, 6.45) is 14.5. The van der Waals surface area contributed by atoms with Crippen molar-refractivity contribution < 1.29 is 19.1 Å². The van der Waals surface area contributed by atoms with Crippen LogP contribution < -0.4 is 41.2 Å².